The molecule has 3 rings (SSSR count). The molecule has 0 saturated carbocycles. The van der Waals surface area contributed by atoms with E-state index in [9.17, 15) is 5.11 Å². The van der Waals surface area contributed by atoms with E-state index in [0.717, 1.165) is 0 Å². The monoisotopic (exact) mass is 310 g/mol. The van der Waals surface area contributed by atoms with Crippen LogP contribution in [0.15, 0.2) is 18.3 Å². The highest BCUT2D eigenvalue weighted by molar-refractivity contribution is 6.32. The second-order valence-electron chi connectivity index (χ2n) is 4.65. The minimum Gasteiger partial charge on any atom is -0.493 e. The van der Waals surface area contributed by atoms with E-state index >= 15 is 0 Å². The van der Waals surface area contributed by atoms with Crippen molar-refractivity contribution in [1.82, 2.24) is 9.78 Å². The average Bonchev–Trinajstić information content (AvgIpc) is 2.87. The Hall–Kier alpha value is -1.92. The Balaban J connectivity index is 2.04. The summed E-state index contributed by atoms with van der Waals surface area (Å²) in [5, 5.41) is 15.1. The van der Waals surface area contributed by atoms with Crippen molar-refractivity contribution in [2.24, 2.45) is 7.05 Å². The van der Waals surface area contributed by atoms with Gasteiger partial charge in [0.05, 0.1) is 18.3 Å². The molecule has 7 heteroatoms. The van der Waals surface area contributed by atoms with Crippen LogP contribution < -0.4 is 14.2 Å². The molecule has 1 N–H and O–H groups in total. The van der Waals surface area contributed by atoms with Crippen LogP contribution in [0.3, 0.4) is 0 Å². The molecule has 0 fully saturated rings. The number of methoxy groups -OCH3 is 1. The van der Waals surface area contributed by atoms with E-state index in [1.54, 1.807) is 30.1 Å². The highest BCUT2D eigenvalue weighted by atomic mass is 35.5. The fourth-order valence-electron chi connectivity index (χ4n) is 2.34. The molecule has 1 aromatic carbocycles. The Bertz CT molecular complexity index is 671. The third kappa shape index (κ3) is 2.41. The Morgan fingerprint density at radius 1 is 1.38 bits per heavy atom. The summed E-state index contributed by atoms with van der Waals surface area (Å²) in [4.78, 5) is 0. The van der Waals surface area contributed by atoms with Gasteiger partial charge in [0.25, 0.3) is 0 Å². The number of nitrogens with zero attached hydrogens (tertiary/aromatic N) is 2. The van der Waals surface area contributed by atoms with Crippen molar-refractivity contribution in [2.75, 3.05) is 20.3 Å². The number of aromatic nitrogens is 2. The van der Waals surface area contributed by atoms with Gasteiger partial charge in [0.1, 0.15) is 25.0 Å². The number of ether oxygens (including phenoxy) is 3. The summed E-state index contributed by atoms with van der Waals surface area (Å²) in [5.41, 5.74) is 1.14. The number of hydrogen-bond donors (Lipinski definition) is 1. The van der Waals surface area contributed by atoms with Gasteiger partial charge in [-0.05, 0) is 17.7 Å². The summed E-state index contributed by atoms with van der Waals surface area (Å²) in [5.74, 6) is 1.55. The topological polar surface area (TPSA) is 65.7 Å². The van der Waals surface area contributed by atoms with Crippen molar-refractivity contribution in [3.63, 3.8) is 0 Å². The Morgan fingerprint density at radius 3 is 2.90 bits per heavy atom. The second kappa shape index (κ2) is 5.46. The number of benzene rings is 1. The number of aryl methyl sites for hydroxylation is 1. The SMILES string of the molecule is COc1cnn(C)c1C(O)c1cc(Cl)c2c(c1)OCCO2. The molecule has 6 nitrogen and oxygen atoms in total. The van der Waals surface area contributed by atoms with Crippen LogP contribution in [0.25, 0.3) is 0 Å². The van der Waals surface area contributed by atoms with E-state index < -0.39 is 6.10 Å². The molecule has 21 heavy (non-hydrogen) atoms. The first-order valence-electron chi connectivity index (χ1n) is 6.44. The van der Waals surface area contributed by atoms with Gasteiger partial charge in [-0.2, -0.15) is 5.10 Å². The zero-order chi connectivity index (χ0) is 15.0. The summed E-state index contributed by atoms with van der Waals surface area (Å²) >= 11 is 6.20. The quantitative estimate of drug-likeness (QED) is 0.938. The largest absolute Gasteiger partial charge is 0.493 e. The first kappa shape index (κ1) is 14.0. The van der Waals surface area contributed by atoms with Crippen LogP contribution in [-0.2, 0) is 7.05 Å². The maximum absolute atomic E-state index is 10.6. The van der Waals surface area contributed by atoms with E-state index in [2.05, 4.69) is 5.10 Å². The number of halogens is 1. The minimum absolute atomic E-state index is 0.405. The zero-order valence-corrected chi connectivity index (χ0v) is 12.4. The Morgan fingerprint density at radius 2 is 2.14 bits per heavy atom. The van der Waals surface area contributed by atoms with E-state index in [0.29, 0.717) is 46.7 Å². The summed E-state index contributed by atoms with van der Waals surface area (Å²) < 4.78 is 17.8. The normalized spacial score (nSPS) is 14.9. The number of aliphatic hydroxyl groups excluding tert-OH is 1. The smallest absolute Gasteiger partial charge is 0.179 e. The number of rotatable bonds is 3. The molecule has 2 aromatic rings. The number of aliphatic hydroxyl groups is 1. The third-order valence-electron chi connectivity index (χ3n) is 3.36. The van der Waals surface area contributed by atoms with Gasteiger partial charge in [0.2, 0.25) is 0 Å². The van der Waals surface area contributed by atoms with Crippen molar-refractivity contribution >= 4 is 11.6 Å². The standard InChI is InChI=1S/C14H15ClN2O4/c1-17-12(11(19-2)7-16-17)13(18)8-5-9(15)14-10(6-8)20-3-4-21-14/h5-7,13,18H,3-4H2,1-2H3. The minimum atomic E-state index is -0.930. The van der Waals surface area contributed by atoms with E-state index in [1.165, 1.54) is 7.11 Å². The lowest BCUT2D eigenvalue weighted by Crippen LogP contribution is -2.16. The van der Waals surface area contributed by atoms with Gasteiger partial charge in [0.15, 0.2) is 17.2 Å². The molecule has 0 amide bonds. The summed E-state index contributed by atoms with van der Waals surface area (Å²) in [6.45, 7) is 0.919. The van der Waals surface area contributed by atoms with Crippen LogP contribution in [0.2, 0.25) is 5.02 Å². The average molecular weight is 311 g/mol. The molecule has 0 spiro atoms. The lowest BCUT2D eigenvalue weighted by atomic mass is 10.0. The molecule has 0 saturated heterocycles. The van der Waals surface area contributed by atoms with Crippen molar-refractivity contribution in [3.05, 3.63) is 34.6 Å². The van der Waals surface area contributed by atoms with Gasteiger partial charge in [-0.1, -0.05) is 11.6 Å². The molecule has 1 aliphatic rings. The van der Waals surface area contributed by atoms with Gasteiger partial charge >= 0.3 is 0 Å². The van der Waals surface area contributed by atoms with Gasteiger partial charge in [0, 0.05) is 7.05 Å². The molecule has 0 aliphatic carbocycles. The molecular formula is C14H15ClN2O4. The summed E-state index contributed by atoms with van der Waals surface area (Å²) in [7, 11) is 3.27. The summed E-state index contributed by atoms with van der Waals surface area (Å²) in [6, 6.07) is 3.38. The third-order valence-corrected chi connectivity index (χ3v) is 3.64. The van der Waals surface area contributed by atoms with Gasteiger partial charge in [-0.25, -0.2) is 0 Å². The summed E-state index contributed by atoms with van der Waals surface area (Å²) in [6.07, 6.45) is 0.624. The van der Waals surface area contributed by atoms with Crippen LogP contribution in [0.4, 0.5) is 0 Å². The molecule has 1 aliphatic heterocycles. The lowest BCUT2D eigenvalue weighted by Gasteiger charge is -2.22. The first-order chi connectivity index (χ1) is 10.1. The fraction of sp³-hybridized carbons (Fsp3) is 0.357. The lowest BCUT2D eigenvalue weighted by molar-refractivity contribution is 0.169. The van der Waals surface area contributed by atoms with Crippen LogP contribution >= 0.6 is 11.6 Å². The second-order valence-corrected chi connectivity index (χ2v) is 5.06. The molecule has 1 atom stereocenters. The van der Waals surface area contributed by atoms with Crippen LogP contribution in [0.5, 0.6) is 17.2 Å². The van der Waals surface area contributed by atoms with E-state index in [-0.39, 0.29) is 0 Å². The fourth-order valence-corrected chi connectivity index (χ4v) is 2.62. The van der Waals surface area contributed by atoms with E-state index in [4.69, 9.17) is 25.8 Å². The predicted molar refractivity (Wildman–Crippen MR) is 76.3 cm³/mol. The van der Waals surface area contributed by atoms with Crippen LogP contribution in [0, 0.1) is 0 Å². The van der Waals surface area contributed by atoms with E-state index in [1.807, 2.05) is 0 Å². The number of hydrogen-bond acceptors (Lipinski definition) is 5. The zero-order valence-electron chi connectivity index (χ0n) is 11.7. The maximum atomic E-state index is 10.6. The van der Waals surface area contributed by atoms with Gasteiger partial charge in [-0.15, -0.1) is 0 Å². The molecule has 1 aromatic heterocycles. The maximum Gasteiger partial charge on any atom is 0.179 e. The van der Waals surface area contributed by atoms with Crippen molar-refractivity contribution in [1.29, 1.82) is 0 Å². The molecular weight excluding hydrogens is 296 g/mol. The van der Waals surface area contributed by atoms with Crippen molar-refractivity contribution in [2.45, 2.75) is 6.10 Å². The number of fused-ring (bicyclic) bond motifs is 1. The molecule has 0 bridgehead atoms. The Kier molecular flexibility index (Phi) is 3.65. The van der Waals surface area contributed by atoms with Gasteiger partial charge in [-0.3, -0.25) is 4.68 Å². The molecule has 112 valence electrons. The van der Waals surface area contributed by atoms with Crippen molar-refractivity contribution < 1.29 is 19.3 Å². The van der Waals surface area contributed by atoms with Crippen LogP contribution in [0.1, 0.15) is 17.4 Å². The van der Waals surface area contributed by atoms with Crippen molar-refractivity contribution in [3.8, 4) is 17.2 Å². The highest BCUT2D eigenvalue weighted by Gasteiger charge is 2.24. The van der Waals surface area contributed by atoms with Crippen LogP contribution in [-0.4, -0.2) is 35.2 Å². The highest BCUT2D eigenvalue weighted by Crippen LogP contribution is 2.41. The Labute approximate surface area is 126 Å². The first-order valence-corrected chi connectivity index (χ1v) is 6.82. The molecule has 1 unspecified atom stereocenters. The predicted octanol–water partition coefficient (Wildman–Crippen LogP) is 1.93. The molecule has 2 heterocycles. The molecule has 0 radical (unpaired) electrons. The van der Waals surface area contributed by atoms with Gasteiger partial charge < -0.3 is 19.3 Å².